The first-order chi connectivity index (χ1) is 14.5. The van der Waals surface area contributed by atoms with Gasteiger partial charge in [0.2, 0.25) is 5.82 Å². The van der Waals surface area contributed by atoms with Crippen molar-refractivity contribution >= 4 is 5.97 Å². The first-order valence-electron chi connectivity index (χ1n) is 9.26. The third-order valence-electron chi connectivity index (χ3n) is 4.71. The van der Waals surface area contributed by atoms with Gasteiger partial charge < -0.3 is 9.26 Å². The monoisotopic (exact) mass is 407 g/mol. The number of H-pyrrole nitrogens is 1. The van der Waals surface area contributed by atoms with Crippen LogP contribution in [-0.4, -0.2) is 31.8 Å². The largest absolute Gasteiger partial charge is 0.457 e. The molecule has 30 heavy (non-hydrogen) atoms. The van der Waals surface area contributed by atoms with Crippen LogP contribution in [0.3, 0.4) is 0 Å². The van der Waals surface area contributed by atoms with E-state index in [0.29, 0.717) is 28.4 Å². The molecule has 0 unspecified atom stereocenters. The van der Waals surface area contributed by atoms with Crippen molar-refractivity contribution in [2.45, 2.75) is 26.4 Å². The normalized spacial score (nSPS) is 12.0. The number of hydrogen-bond acceptors (Lipinski definition) is 7. The van der Waals surface area contributed by atoms with Crippen LogP contribution in [0.5, 0.6) is 0 Å². The van der Waals surface area contributed by atoms with Crippen LogP contribution in [0, 0.1) is 12.7 Å². The number of carbonyl (C=O) groups is 1. The van der Waals surface area contributed by atoms with Crippen molar-refractivity contribution in [3.05, 3.63) is 71.2 Å². The highest BCUT2D eigenvalue weighted by molar-refractivity contribution is 5.77. The van der Waals surface area contributed by atoms with Gasteiger partial charge in [-0.2, -0.15) is 5.21 Å². The average Bonchev–Trinajstić information content (AvgIpc) is 3.39. The van der Waals surface area contributed by atoms with Gasteiger partial charge in [0.15, 0.2) is 5.76 Å². The lowest BCUT2D eigenvalue weighted by atomic mass is 10.0. The fraction of sp³-hybridized carbons (Fsp3) is 0.190. The minimum atomic E-state index is -0.712. The minimum absolute atomic E-state index is 0.0456. The summed E-state index contributed by atoms with van der Waals surface area (Å²) < 4.78 is 24.8. The Hall–Kier alpha value is -3.88. The van der Waals surface area contributed by atoms with Crippen molar-refractivity contribution in [2.75, 3.05) is 0 Å². The summed E-state index contributed by atoms with van der Waals surface area (Å²) in [5, 5.41) is 17.8. The molecule has 0 saturated carbocycles. The standard InChI is InChI=1S/C21H18FN5O3/c1-12-17(11-19(28)29-13(2)16-5-3-4-6-18(16)22)20(30-25-12)14-7-9-15(10-8-14)21-23-26-27-24-21/h3-10,13H,11H2,1-2H3,(H,23,24,26,27)/t13-/m1/s1. The average molecular weight is 407 g/mol. The van der Waals surface area contributed by atoms with Crippen LogP contribution in [0.25, 0.3) is 22.7 Å². The summed E-state index contributed by atoms with van der Waals surface area (Å²) in [6, 6.07) is 13.5. The molecule has 2 aromatic heterocycles. The van der Waals surface area contributed by atoms with E-state index in [9.17, 15) is 9.18 Å². The second kappa shape index (κ2) is 8.24. The fourth-order valence-corrected chi connectivity index (χ4v) is 3.13. The Bertz CT molecular complexity index is 1160. The van der Waals surface area contributed by atoms with Crippen molar-refractivity contribution in [2.24, 2.45) is 0 Å². The lowest BCUT2D eigenvalue weighted by Crippen LogP contribution is -2.13. The summed E-state index contributed by atoms with van der Waals surface area (Å²) in [7, 11) is 0. The predicted molar refractivity (Wildman–Crippen MR) is 104 cm³/mol. The highest BCUT2D eigenvalue weighted by Gasteiger charge is 2.21. The highest BCUT2D eigenvalue weighted by atomic mass is 19.1. The van der Waals surface area contributed by atoms with Crippen molar-refractivity contribution in [1.82, 2.24) is 25.8 Å². The van der Waals surface area contributed by atoms with E-state index in [0.717, 1.165) is 11.1 Å². The molecule has 4 aromatic rings. The number of hydrogen-bond donors (Lipinski definition) is 1. The van der Waals surface area contributed by atoms with Crippen LogP contribution in [0.4, 0.5) is 4.39 Å². The van der Waals surface area contributed by atoms with Crippen LogP contribution >= 0.6 is 0 Å². The molecule has 0 radical (unpaired) electrons. The van der Waals surface area contributed by atoms with Crippen LogP contribution in [-0.2, 0) is 16.0 Å². The van der Waals surface area contributed by atoms with Crippen LogP contribution in [0.2, 0.25) is 0 Å². The molecule has 0 aliphatic rings. The number of rotatable bonds is 6. The van der Waals surface area contributed by atoms with Gasteiger partial charge in [0.05, 0.1) is 12.1 Å². The summed E-state index contributed by atoms with van der Waals surface area (Å²) in [4.78, 5) is 12.5. The third kappa shape index (κ3) is 3.95. The quantitative estimate of drug-likeness (QED) is 0.484. The third-order valence-corrected chi connectivity index (χ3v) is 4.71. The smallest absolute Gasteiger partial charge is 0.311 e. The van der Waals surface area contributed by atoms with Gasteiger partial charge in [0, 0.05) is 22.3 Å². The zero-order chi connectivity index (χ0) is 21.1. The molecule has 152 valence electrons. The number of aromatic nitrogens is 5. The number of aromatic amines is 1. The van der Waals surface area contributed by atoms with E-state index in [1.165, 1.54) is 6.07 Å². The van der Waals surface area contributed by atoms with Gasteiger partial charge in [-0.05, 0) is 25.1 Å². The number of ether oxygens (including phenoxy) is 1. The first-order valence-corrected chi connectivity index (χ1v) is 9.26. The van der Waals surface area contributed by atoms with Crippen LogP contribution in [0.15, 0.2) is 53.1 Å². The summed E-state index contributed by atoms with van der Waals surface area (Å²) >= 11 is 0. The maximum absolute atomic E-state index is 13.9. The molecule has 4 rings (SSSR count). The van der Waals surface area contributed by atoms with E-state index in [1.807, 2.05) is 24.3 Å². The molecule has 0 spiro atoms. The Morgan fingerprint density at radius 3 is 2.60 bits per heavy atom. The lowest BCUT2D eigenvalue weighted by Gasteiger charge is -2.14. The topological polar surface area (TPSA) is 107 Å². The molecular weight excluding hydrogens is 389 g/mol. The predicted octanol–water partition coefficient (Wildman–Crippen LogP) is 3.82. The number of halogens is 1. The van der Waals surface area contributed by atoms with Gasteiger partial charge >= 0.3 is 5.97 Å². The molecular formula is C21H18FN5O3. The Morgan fingerprint density at radius 1 is 1.17 bits per heavy atom. The van der Waals surface area contributed by atoms with Gasteiger partial charge in [0.25, 0.3) is 0 Å². The number of nitrogens with one attached hydrogen (secondary N) is 1. The van der Waals surface area contributed by atoms with Gasteiger partial charge in [-0.15, -0.1) is 10.2 Å². The summed E-state index contributed by atoms with van der Waals surface area (Å²) in [5.41, 5.74) is 3.05. The van der Waals surface area contributed by atoms with Crippen molar-refractivity contribution in [1.29, 1.82) is 0 Å². The highest BCUT2D eigenvalue weighted by Crippen LogP contribution is 2.29. The van der Waals surface area contributed by atoms with Crippen LogP contribution < -0.4 is 0 Å². The maximum Gasteiger partial charge on any atom is 0.311 e. The maximum atomic E-state index is 13.9. The van der Waals surface area contributed by atoms with Crippen molar-refractivity contribution in [3.63, 3.8) is 0 Å². The van der Waals surface area contributed by atoms with E-state index in [4.69, 9.17) is 9.26 Å². The summed E-state index contributed by atoms with van der Waals surface area (Å²) in [5.74, 6) is 0.0342. The Kier molecular flexibility index (Phi) is 5.34. The number of benzene rings is 2. The lowest BCUT2D eigenvalue weighted by molar-refractivity contribution is -0.147. The molecule has 1 N–H and O–H groups in total. The van der Waals surface area contributed by atoms with E-state index >= 15 is 0 Å². The summed E-state index contributed by atoms with van der Waals surface area (Å²) in [6.07, 6.45) is -0.757. The second-order valence-electron chi connectivity index (χ2n) is 6.72. The van der Waals surface area contributed by atoms with Gasteiger partial charge in [0.1, 0.15) is 11.9 Å². The van der Waals surface area contributed by atoms with Crippen LogP contribution in [0.1, 0.15) is 29.8 Å². The molecule has 1 atom stereocenters. The van der Waals surface area contributed by atoms with Gasteiger partial charge in [-0.1, -0.05) is 47.6 Å². The minimum Gasteiger partial charge on any atom is -0.457 e. The number of tetrazole rings is 1. The van der Waals surface area contributed by atoms with E-state index < -0.39 is 17.9 Å². The molecule has 0 amide bonds. The second-order valence-corrected chi connectivity index (χ2v) is 6.72. The molecule has 0 aliphatic heterocycles. The van der Waals surface area contributed by atoms with E-state index in [2.05, 4.69) is 25.8 Å². The molecule has 2 heterocycles. The molecule has 8 nitrogen and oxygen atoms in total. The van der Waals surface area contributed by atoms with Gasteiger partial charge in [-0.3, -0.25) is 4.79 Å². The van der Waals surface area contributed by atoms with Crippen molar-refractivity contribution in [3.8, 4) is 22.7 Å². The Labute approximate surface area is 171 Å². The molecule has 0 aliphatic carbocycles. The SMILES string of the molecule is Cc1noc(-c2ccc(-c3nn[nH]n3)cc2)c1CC(=O)O[C@H](C)c1ccccc1F. The number of carbonyl (C=O) groups excluding carboxylic acids is 1. The molecule has 0 saturated heterocycles. The van der Waals surface area contributed by atoms with Gasteiger partial charge in [-0.25, -0.2) is 4.39 Å². The Morgan fingerprint density at radius 2 is 1.90 bits per heavy atom. The number of esters is 1. The molecule has 0 bridgehead atoms. The van der Waals surface area contributed by atoms with Crippen molar-refractivity contribution < 1.29 is 18.4 Å². The summed E-state index contributed by atoms with van der Waals surface area (Å²) in [6.45, 7) is 3.39. The van der Waals surface area contributed by atoms with E-state index in [-0.39, 0.29) is 6.42 Å². The number of aryl methyl sites for hydroxylation is 1. The Balaban J connectivity index is 1.51. The molecule has 9 heteroatoms. The van der Waals surface area contributed by atoms with E-state index in [1.54, 1.807) is 32.0 Å². The fourth-order valence-electron chi connectivity index (χ4n) is 3.13. The first kappa shape index (κ1) is 19.4. The molecule has 0 fully saturated rings. The number of nitrogens with zero attached hydrogens (tertiary/aromatic N) is 4. The molecule has 2 aromatic carbocycles. The zero-order valence-electron chi connectivity index (χ0n) is 16.3. The zero-order valence-corrected chi connectivity index (χ0v) is 16.3.